The second-order valence-electron chi connectivity index (χ2n) is 6.84. The zero-order chi connectivity index (χ0) is 21.3. The van der Waals surface area contributed by atoms with Crippen LogP contribution in [0.1, 0.15) is 30.9 Å². The van der Waals surface area contributed by atoms with E-state index in [1.54, 1.807) is 6.21 Å². The highest BCUT2D eigenvalue weighted by Gasteiger charge is 2.08. The van der Waals surface area contributed by atoms with Gasteiger partial charge in [-0.15, -0.1) is 0 Å². The molecule has 0 spiro atoms. The minimum absolute atomic E-state index is 0.0546. The first kappa shape index (κ1) is 21.0. The zero-order valence-electron chi connectivity index (χ0n) is 17.1. The zero-order valence-corrected chi connectivity index (χ0v) is 17.1. The minimum atomic E-state index is -0.319. The predicted octanol–water partition coefficient (Wildman–Crippen LogP) is 4.42. The number of hydrazone groups is 1. The van der Waals surface area contributed by atoms with Crippen LogP contribution >= 0.6 is 0 Å². The van der Waals surface area contributed by atoms with Crippen LogP contribution in [0.2, 0.25) is 0 Å². The van der Waals surface area contributed by atoms with Gasteiger partial charge in [-0.1, -0.05) is 42.0 Å². The summed E-state index contributed by atoms with van der Waals surface area (Å²) in [6, 6.07) is 19.2. The topological polar surface area (TPSA) is 79.8 Å². The minimum Gasteiger partial charge on any atom is -0.493 e. The molecule has 3 aromatic rings. The number of ether oxygens (including phenoxy) is 1. The average Bonchev–Trinajstić information content (AvgIpc) is 2.75. The van der Waals surface area contributed by atoms with E-state index in [9.17, 15) is 9.59 Å². The molecule has 0 aromatic heterocycles. The third kappa shape index (κ3) is 5.67. The number of nitrogens with zero attached hydrogens (tertiary/aromatic N) is 1. The smallest absolute Gasteiger partial charge is 0.240 e. The number of anilines is 1. The van der Waals surface area contributed by atoms with Gasteiger partial charge in [0.05, 0.1) is 12.8 Å². The second kappa shape index (κ2) is 10.2. The number of benzene rings is 3. The fourth-order valence-electron chi connectivity index (χ4n) is 3.01. The van der Waals surface area contributed by atoms with Crippen molar-refractivity contribution >= 4 is 34.5 Å². The Morgan fingerprint density at radius 1 is 0.933 bits per heavy atom. The van der Waals surface area contributed by atoms with E-state index in [-0.39, 0.29) is 24.7 Å². The number of nitrogens with one attached hydrogen (secondary N) is 2. The summed E-state index contributed by atoms with van der Waals surface area (Å²) in [4.78, 5) is 24.0. The Hall–Kier alpha value is -3.67. The molecular weight excluding hydrogens is 378 g/mol. The molecule has 2 amide bonds. The van der Waals surface area contributed by atoms with Gasteiger partial charge in [-0.25, -0.2) is 5.43 Å². The summed E-state index contributed by atoms with van der Waals surface area (Å²) in [5.41, 5.74) is 5.18. The van der Waals surface area contributed by atoms with E-state index in [4.69, 9.17) is 4.74 Å². The van der Waals surface area contributed by atoms with E-state index in [0.29, 0.717) is 12.3 Å². The van der Waals surface area contributed by atoms with Crippen LogP contribution in [0.3, 0.4) is 0 Å². The van der Waals surface area contributed by atoms with E-state index in [2.05, 4.69) is 15.8 Å². The summed E-state index contributed by atoms with van der Waals surface area (Å²) in [6.45, 7) is 4.51. The van der Waals surface area contributed by atoms with Gasteiger partial charge in [0.15, 0.2) is 0 Å². The molecule has 0 heterocycles. The molecule has 0 atom stereocenters. The van der Waals surface area contributed by atoms with Gasteiger partial charge in [0, 0.05) is 29.5 Å². The quantitative estimate of drug-likeness (QED) is 0.432. The Labute approximate surface area is 175 Å². The number of fused-ring (bicyclic) bond motifs is 1. The third-order valence-electron chi connectivity index (χ3n) is 4.52. The third-order valence-corrected chi connectivity index (χ3v) is 4.52. The lowest BCUT2D eigenvalue weighted by molar-refractivity contribution is -0.124. The monoisotopic (exact) mass is 403 g/mol. The normalized spacial score (nSPS) is 10.9. The Balaban J connectivity index is 1.54. The fraction of sp³-hybridized carbons (Fsp3) is 0.208. The van der Waals surface area contributed by atoms with Crippen LogP contribution in [-0.2, 0) is 9.59 Å². The van der Waals surface area contributed by atoms with E-state index in [1.165, 1.54) is 0 Å². The number of aryl methyl sites for hydroxylation is 1. The molecule has 154 valence electrons. The number of hydrogen-bond donors (Lipinski definition) is 2. The molecule has 0 saturated carbocycles. The molecule has 2 N–H and O–H groups in total. The van der Waals surface area contributed by atoms with Gasteiger partial charge in [0.1, 0.15) is 5.75 Å². The first-order valence-electron chi connectivity index (χ1n) is 9.90. The van der Waals surface area contributed by atoms with Crippen LogP contribution in [0.4, 0.5) is 5.69 Å². The van der Waals surface area contributed by atoms with Crippen molar-refractivity contribution in [2.75, 3.05) is 11.9 Å². The lowest BCUT2D eigenvalue weighted by Gasteiger charge is -2.09. The van der Waals surface area contributed by atoms with Gasteiger partial charge < -0.3 is 10.1 Å². The van der Waals surface area contributed by atoms with Crippen LogP contribution < -0.4 is 15.5 Å². The number of amides is 2. The van der Waals surface area contributed by atoms with Crippen molar-refractivity contribution in [1.82, 2.24) is 5.43 Å². The lowest BCUT2D eigenvalue weighted by Crippen LogP contribution is -2.20. The van der Waals surface area contributed by atoms with Gasteiger partial charge in [-0.05, 0) is 43.5 Å². The first-order chi connectivity index (χ1) is 14.6. The highest BCUT2D eigenvalue weighted by Crippen LogP contribution is 2.27. The van der Waals surface area contributed by atoms with Crippen molar-refractivity contribution in [1.29, 1.82) is 0 Å². The predicted molar refractivity (Wildman–Crippen MR) is 120 cm³/mol. The Morgan fingerprint density at radius 2 is 1.63 bits per heavy atom. The van der Waals surface area contributed by atoms with Crippen LogP contribution in [0.15, 0.2) is 65.8 Å². The molecule has 0 radical (unpaired) electrons. The van der Waals surface area contributed by atoms with Gasteiger partial charge >= 0.3 is 0 Å². The average molecular weight is 403 g/mol. The van der Waals surface area contributed by atoms with Crippen molar-refractivity contribution < 1.29 is 14.3 Å². The Bertz CT molecular complexity index is 1060. The fourth-order valence-corrected chi connectivity index (χ4v) is 3.01. The van der Waals surface area contributed by atoms with Crippen LogP contribution in [-0.4, -0.2) is 24.6 Å². The molecule has 0 bridgehead atoms. The summed E-state index contributed by atoms with van der Waals surface area (Å²) in [5.74, 6) is 0.282. The number of hydrogen-bond acceptors (Lipinski definition) is 4. The van der Waals surface area contributed by atoms with Crippen molar-refractivity contribution in [3.63, 3.8) is 0 Å². The van der Waals surface area contributed by atoms with Crippen molar-refractivity contribution in [3.05, 3.63) is 71.8 Å². The molecule has 3 rings (SSSR count). The van der Waals surface area contributed by atoms with E-state index < -0.39 is 0 Å². The van der Waals surface area contributed by atoms with E-state index >= 15 is 0 Å². The molecule has 0 saturated heterocycles. The second-order valence-corrected chi connectivity index (χ2v) is 6.84. The number of carbonyl (C=O) groups excluding carboxylic acids is 2. The maximum atomic E-state index is 12.0. The van der Waals surface area contributed by atoms with Crippen LogP contribution in [0.25, 0.3) is 10.8 Å². The van der Waals surface area contributed by atoms with Gasteiger partial charge in [-0.3, -0.25) is 9.59 Å². The van der Waals surface area contributed by atoms with Crippen LogP contribution in [0, 0.1) is 6.92 Å². The van der Waals surface area contributed by atoms with E-state index in [0.717, 1.165) is 27.6 Å². The number of rotatable bonds is 8. The molecule has 0 fully saturated rings. The molecule has 30 heavy (non-hydrogen) atoms. The summed E-state index contributed by atoms with van der Waals surface area (Å²) in [7, 11) is 0. The molecular formula is C24H25N3O3. The summed E-state index contributed by atoms with van der Waals surface area (Å²) in [6.07, 6.45) is 1.74. The van der Waals surface area contributed by atoms with Gasteiger partial charge in [-0.2, -0.15) is 5.10 Å². The summed E-state index contributed by atoms with van der Waals surface area (Å²) in [5, 5.41) is 8.79. The largest absolute Gasteiger partial charge is 0.493 e. The molecule has 6 nitrogen and oxygen atoms in total. The molecule has 6 heteroatoms. The summed E-state index contributed by atoms with van der Waals surface area (Å²) >= 11 is 0. The molecule has 0 aliphatic carbocycles. The number of carbonyl (C=O) groups is 2. The van der Waals surface area contributed by atoms with Crippen LogP contribution in [0.5, 0.6) is 5.75 Å². The maximum Gasteiger partial charge on any atom is 0.240 e. The highest BCUT2D eigenvalue weighted by molar-refractivity contribution is 6.02. The molecule has 0 aliphatic rings. The molecule has 0 unspecified atom stereocenters. The molecule has 0 aliphatic heterocycles. The van der Waals surface area contributed by atoms with Gasteiger partial charge in [0.25, 0.3) is 0 Å². The lowest BCUT2D eigenvalue weighted by atomic mass is 10.0. The van der Waals surface area contributed by atoms with Crippen molar-refractivity contribution in [2.45, 2.75) is 26.7 Å². The van der Waals surface area contributed by atoms with E-state index in [1.807, 2.05) is 74.5 Å². The van der Waals surface area contributed by atoms with Crippen molar-refractivity contribution in [3.8, 4) is 5.75 Å². The maximum absolute atomic E-state index is 12.0. The molecule has 3 aromatic carbocycles. The van der Waals surface area contributed by atoms with Crippen molar-refractivity contribution in [2.24, 2.45) is 5.10 Å². The summed E-state index contributed by atoms with van der Waals surface area (Å²) < 4.78 is 5.67. The highest BCUT2D eigenvalue weighted by atomic mass is 16.5. The Morgan fingerprint density at radius 3 is 2.37 bits per heavy atom. The standard InChI is InChI=1S/C24H25N3O3/c1-3-30-22-13-10-18(20-6-4-5-7-21(20)22)16-25-27-24(29)15-14-23(28)26-19-11-8-17(2)9-12-19/h4-13,16H,3,14-15H2,1-2H3,(H,26,28)(H,27,29). The first-order valence-corrected chi connectivity index (χ1v) is 9.90. The van der Waals surface area contributed by atoms with Gasteiger partial charge in [0.2, 0.25) is 11.8 Å². The SMILES string of the molecule is CCOc1ccc(C=NNC(=O)CCC(=O)Nc2ccc(C)cc2)c2ccccc12. The Kier molecular flexibility index (Phi) is 7.16.